The third kappa shape index (κ3) is 3.36. The number of anilines is 1. The number of sulfonamides is 1. The first-order chi connectivity index (χ1) is 13.0. The molecule has 140 valence electrons. The number of piperazine rings is 1. The van der Waals surface area contributed by atoms with Crippen LogP contribution in [0.2, 0.25) is 10.0 Å². The van der Waals surface area contributed by atoms with E-state index in [2.05, 4.69) is 9.97 Å². The van der Waals surface area contributed by atoms with Crippen molar-refractivity contribution in [3.8, 4) is 0 Å². The summed E-state index contributed by atoms with van der Waals surface area (Å²) in [5.41, 5.74) is 0.696. The van der Waals surface area contributed by atoms with Crippen LogP contribution in [-0.2, 0) is 10.0 Å². The normalized spacial score (nSPS) is 16.0. The summed E-state index contributed by atoms with van der Waals surface area (Å²) in [4.78, 5) is 10.3. The van der Waals surface area contributed by atoms with Gasteiger partial charge in [-0.05, 0) is 12.1 Å². The standard InChI is InChI=1S/C18H16Cl2N4O2S/c19-15-11-22-12-16(20)18(15)23-6-8-24(9-7-23)27(25,26)17-3-1-2-13-10-21-5-4-14(13)17/h1-5,10-12H,6-9H2. The quantitative estimate of drug-likeness (QED) is 0.646. The summed E-state index contributed by atoms with van der Waals surface area (Å²) >= 11 is 12.4. The number of benzene rings is 1. The average molecular weight is 423 g/mol. The third-order valence-electron chi connectivity index (χ3n) is 4.64. The number of fused-ring (bicyclic) bond motifs is 1. The van der Waals surface area contributed by atoms with Gasteiger partial charge in [0.2, 0.25) is 10.0 Å². The van der Waals surface area contributed by atoms with Crippen LogP contribution in [0.4, 0.5) is 5.69 Å². The molecule has 27 heavy (non-hydrogen) atoms. The minimum atomic E-state index is -3.61. The maximum Gasteiger partial charge on any atom is 0.243 e. The molecule has 1 aromatic carbocycles. The molecule has 0 aliphatic carbocycles. The van der Waals surface area contributed by atoms with E-state index < -0.39 is 10.0 Å². The number of nitrogens with zero attached hydrogens (tertiary/aromatic N) is 4. The van der Waals surface area contributed by atoms with Crippen molar-refractivity contribution in [3.63, 3.8) is 0 Å². The monoisotopic (exact) mass is 422 g/mol. The number of hydrogen-bond acceptors (Lipinski definition) is 5. The molecule has 1 aliphatic heterocycles. The van der Waals surface area contributed by atoms with Gasteiger partial charge in [-0.3, -0.25) is 9.97 Å². The molecule has 3 heterocycles. The van der Waals surface area contributed by atoms with E-state index in [4.69, 9.17) is 23.2 Å². The van der Waals surface area contributed by atoms with Crippen LogP contribution in [0.15, 0.2) is 53.9 Å². The Morgan fingerprint density at radius 3 is 2.30 bits per heavy atom. The fourth-order valence-corrected chi connectivity index (χ4v) is 5.56. The molecule has 0 unspecified atom stereocenters. The van der Waals surface area contributed by atoms with Gasteiger partial charge in [-0.2, -0.15) is 4.31 Å². The van der Waals surface area contributed by atoms with Crippen LogP contribution in [0.25, 0.3) is 10.8 Å². The number of hydrogen-bond donors (Lipinski definition) is 0. The molecule has 0 N–H and O–H groups in total. The second kappa shape index (κ2) is 7.24. The molecule has 0 saturated carbocycles. The molecule has 0 bridgehead atoms. The summed E-state index contributed by atoms with van der Waals surface area (Å²) in [5.74, 6) is 0. The summed E-state index contributed by atoms with van der Waals surface area (Å²) in [7, 11) is -3.61. The topological polar surface area (TPSA) is 66.4 Å². The first-order valence-electron chi connectivity index (χ1n) is 8.35. The van der Waals surface area contributed by atoms with Gasteiger partial charge in [-0.15, -0.1) is 0 Å². The average Bonchev–Trinajstić information content (AvgIpc) is 2.68. The number of pyridine rings is 2. The smallest absolute Gasteiger partial charge is 0.243 e. The van der Waals surface area contributed by atoms with Crippen molar-refractivity contribution in [1.29, 1.82) is 0 Å². The highest BCUT2D eigenvalue weighted by molar-refractivity contribution is 7.89. The molecule has 3 aromatic rings. The summed E-state index contributed by atoms with van der Waals surface area (Å²) in [6.45, 7) is 1.68. The van der Waals surface area contributed by atoms with Crippen molar-refractivity contribution in [1.82, 2.24) is 14.3 Å². The van der Waals surface area contributed by atoms with E-state index in [0.717, 1.165) is 5.39 Å². The third-order valence-corrected chi connectivity index (χ3v) is 7.15. The van der Waals surface area contributed by atoms with E-state index in [1.54, 1.807) is 30.6 Å². The minimum absolute atomic E-state index is 0.302. The lowest BCUT2D eigenvalue weighted by Crippen LogP contribution is -2.48. The lowest BCUT2D eigenvalue weighted by atomic mass is 10.2. The van der Waals surface area contributed by atoms with E-state index in [-0.39, 0.29) is 0 Å². The Labute approximate surface area is 167 Å². The van der Waals surface area contributed by atoms with E-state index >= 15 is 0 Å². The number of aromatic nitrogens is 2. The van der Waals surface area contributed by atoms with Crippen LogP contribution in [0, 0.1) is 0 Å². The van der Waals surface area contributed by atoms with Gasteiger partial charge < -0.3 is 4.90 Å². The second-order valence-corrected chi connectivity index (χ2v) is 8.92. The van der Waals surface area contributed by atoms with Gasteiger partial charge in [0.1, 0.15) is 0 Å². The van der Waals surface area contributed by atoms with Crippen LogP contribution in [0.3, 0.4) is 0 Å². The molecule has 4 rings (SSSR count). The molecule has 6 nitrogen and oxygen atoms in total. The molecule has 0 spiro atoms. The Balaban J connectivity index is 1.60. The van der Waals surface area contributed by atoms with Crippen molar-refractivity contribution < 1.29 is 8.42 Å². The molecular formula is C18H16Cl2N4O2S. The molecule has 1 aliphatic rings. The van der Waals surface area contributed by atoms with E-state index in [1.165, 1.54) is 16.7 Å². The van der Waals surface area contributed by atoms with Crippen LogP contribution in [-0.4, -0.2) is 48.9 Å². The zero-order valence-electron chi connectivity index (χ0n) is 14.2. The lowest BCUT2D eigenvalue weighted by molar-refractivity contribution is 0.385. The van der Waals surface area contributed by atoms with Gasteiger partial charge in [0.15, 0.2) is 0 Å². The molecule has 0 radical (unpaired) electrons. The molecule has 0 amide bonds. The highest BCUT2D eigenvalue weighted by Crippen LogP contribution is 2.34. The molecular weight excluding hydrogens is 407 g/mol. The maximum atomic E-state index is 13.2. The Bertz CT molecular complexity index is 1070. The van der Waals surface area contributed by atoms with Gasteiger partial charge in [-0.1, -0.05) is 35.3 Å². The zero-order chi connectivity index (χ0) is 19.0. The van der Waals surface area contributed by atoms with Gasteiger partial charge in [-0.25, -0.2) is 8.42 Å². The predicted octanol–water partition coefficient (Wildman–Crippen LogP) is 3.45. The van der Waals surface area contributed by atoms with Crippen LogP contribution in [0.1, 0.15) is 0 Å². The van der Waals surface area contributed by atoms with Gasteiger partial charge in [0.25, 0.3) is 0 Å². The van der Waals surface area contributed by atoms with Crippen LogP contribution >= 0.6 is 23.2 Å². The predicted molar refractivity (Wildman–Crippen MR) is 107 cm³/mol. The number of rotatable bonds is 3. The van der Waals surface area contributed by atoms with Crippen LogP contribution < -0.4 is 4.90 Å². The summed E-state index contributed by atoms with van der Waals surface area (Å²) in [5, 5.41) is 2.39. The van der Waals surface area contributed by atoms with Gasteiger partial charge in [0.05, 0.1) is 20.6 Å². The highest BCUT2D eigenvalue weighted by atomic mass is 35.5. The Kier molecular flexibility index (Phi) is 4.94. The van der Waals surface area contributed by atoms with Gasteiger partial charge >= 0.3 is 0 Å². The van der Waals surface area contributed by atoms with Crippen molar-refractivity contribution in [2.45, 2.75) is 4.90 Å². The molecule has 0 atom stereocenters. The minimum Gasteiger partial charge on any atom is -0.366 e. The first-order valence-corrected chi connectivity index (χ1v) is 10.5. The first kappa shape index (κ1) is 18.4. The van der Waals surface area contributed by atoms with Crippen molar-refractivity contribution >= 4 is 49.7 Å². The van der Waals surface area contributed by atoms with Crippen molar-refractivity contribution in [3.05, 3.63) is 59.1 Å². The molecule has 1 saturated heterocycles. The fourth-order valence-electron chi connectivity index (χ4n) is 3.32. The van der Waals surface area contributed by atoms with E-state index in [0.29, 0.717) is 52.2 Å². The second-order valence-electron chi connectivity index (χ2n) is 6.20. The lowest BCUT2D eigenvalue weighted by Gasteiger charge is -2.36. The van der Waals surface area contributed by atoms with E-state index in [9.17, 15) is 8.42 Å². The highest BCUT2D eigenvalue weighted by Gasteiger charge is 2.30. The molecule has 1 fully saturated rings. The molecule has 9 heteroatoms. The summed E-state index contributed by atoms with van der Waals surface area (Å²) in [6, 6.07) is 6.96. The number of halogens is 2. The molecule has 2 aromatic heterocycles. The Morgan fingerprint density at radius 2 is 1.59 bits per heavy atom. The summed E-state index contributed by atoms with van der Waals surface area (Å²) in [6.07, 6.45) is 6.35. The van der Waals surface area contributed by atoms with Crippen LogP contribution in [0.5, 0.6) is 0 Å². The zero-order valence-corrected chi connectivity index (χ0v) is 16.5. The van der Waals surface area contributed by atoms with Gasteiger partial charge in [0, 0.05) is 61.7 Å². The fraction of sp³-hybridized carbons (Fsp3) is 0.222. The largest absolute Gasteiger partial charge is 0.366 e. The summed E-state index contributed by atoms with van der Waals surface area (Å²) < 4.78 is 27.9. The van der Waals surface area contributed by atoms with Crippen molar-refractivity contribution in [2.24, 2.45) is 0 Å². The van der Waals surface area contributed by atoms with E-state index in [1.807, 2.05) is 11.0 Å². The maximum absolute atomic E-state index is 13.2. The Morgan fingerprint density at radius 1 is 0.889 bits per heavy atom. The Hall–Kier alpha value is -1.93. The SMILES string of the molecule is O=S(=O)(c1cccc2cnccc12)N1CCN(c2c(Cl)cncc2Cl)CC1. The van der Waals surface area contributed by atoms with Crippen molar-refractivity contribution in [2.75, 3.05) is 31.1 Å².